The zero-order valence-corrected chi connectivity index (χ0v) is 5.88. The predicted molar refractivity (Wildman–Crippen MR) is 37.5 cm³/mol. The van der Waals surface area contributed by atoms with Gasteiger partial charge in [-0.1, -0.05) is 0 Å². The maximum atomic E-state index is 8.60. The summed E-state index contributed by atoms with van der Waals surface area (Å²) in [5.74, 6) is 5.48. The van der Waals surface area contributed by atoms with E-state index in [2.05, 4.69) is 6.07 Å². The molecule has 0 aromatic rings. The zero-order valence-electron chi connectivity index (χ0n) is 5.88. The van der Waals surface area contributed by atoms with Gasteiger partial charge in [0.05, 0.1) is 6.07 Å². The zero-order chi connectivity index (χ0) is 7.61. The van der Waals surface area contributed by atoms with Crippen LogP contribution >= 0.6 is 0 Å². The van der Waals surface area contributed by atoms with Crippen LogP contribution in [-0.2, 0) is 0 Å². The van der Waals surface area contributed by atoms with Crippen molar-refractivity contribution in [2.75, 3.05) is 13.1 Å². The molecule has 1 heterocycles. The highest BCUT2D eigenvalue weighted by atomic mass is 15.4. The van der Waals surface area contributed by atoms with Crippen LogP contribution in [0.1, 0.15) is 12.8 Å². The van der Waals surface area contributed by atoms with E-state index in [1.165, 1.54) is 0 Å². The molecule has 0 radical (unpaired) electrons. The number of nitrogens with two attached hydrogens (primary N) is 2. The minimum atomic E-state index is -0.615. The summed E-state index contributed by atoms with van der Waals surface area (Å²) in [6.07, 6.45) is 1.36. The third-order valence-corrected chi connectivity index (χ3v) is 1.91. The van der Waals surface area contributed by atoms with Gasteiger partial charge in [0.1, 0.15) is 5.54 Å². The van der Waals surface area contributed by atoms with Gasteiger partial charge in [-0.25, -0.2) is 5.01 Å². The minimum Gasteiger partial charge on any atom is -0.313 e. The summed E-state index contributed by atoms with van der Waals surface area (Å²) in [5.41, 5.74) is 5.06. The number of rotatable bonds is 0. The number of hydrogen-bond donors (Lipinski definition) is 2. The first-order valence-corrected chi connectivity index (χ1v) is 3.36. The number of piperidine rings is 1. The Balaban J connectivity index is 2.48. The van der Waals surface area contributed by atoms with Crippen molar-refractivity contribution in [1.29, 1.82) is 5.26 Å². The minimum absolute atomic E-state index is 0.615. The van der Waals surface area contributed by atoms with E-state index >= 15 is 0 Å². The fourth-order valence-electron chi connectivity index (χ4n) is 1.03. The van der Waals surface area contributed by atoms with Crippen LogP contribution in [0.2, 0.25) is 0 Å². The van der Waals surface area contributed by atoms with Crippen molar-refractivity contribution < 1.29 is 0 Å². The van der Waals surface area contributed by atoms with Crippen LogP contribution in [0.25, 0.3) is 0 Å². The Morgan fingerprint density at radius 1 is 1.40 bits per heavy atom. The first-order chi connectivity index (χ1) is 4.66. The second kappa shape index (κ2) is 2.54. The van der Waals surface area contributed by atoms with Crippen LogP contribution in [0.4, 0.5) is 0 Å². The molecule has 10 heavy (non-hydrogen) atoms. The molecular formula is C6H12N4. The van der Waals surface area contributed by atoms with E-state index < -0.39 is 5.54 Å². The van der Waals surface area contributed by atoms with Crippen LogP contribution in [0.3, 0.4) is 0 Å². The molecule has 1 aliphatic heterocycles. The van der Waals surface area contributed by atoms with Gasteiger partial charge in [0.15, 0.2) is 0 Å². The molecule has 0 amide bonds. The average Bonchev–Trinajstić information content (AvgIpc) is 1.96. The summed E-state index contributed by atoms with van der Waals surface area (Å²) in [7, 11) is 0. The Morgan fingerprint density at radius 2 is 1.90 bits per heavy atom. The average molecular weight is 140 g/mol. The Kier molecular flexibility index (Phi) is 1.90. The lowest BCUT2D eigenvalue weighted by atomic mass is 9.91. The first-order valence-electron chi connectivity index (χ1n) is 3.36. The Hall–Kier alpha value is -0.630. The van der Waals surface area contributed by atoms with E-state index in [4.69, 9.17) is 16.8 Å². The van der Waals surface area contributed by atoms with Crippen molar-refractivity contribution in [2.45, 2.75) is 18.4 Å². The van der Waals surface area contributed by atoms with Crippen molar-refractivity contribution >= 4 is 0 Å². The van der Waals surface area contributed by atoms with Gasteiger partial charge in [0.2, 0.25) is 0 Å². The molecule has 0 bridgehead atoms. The Morgan fingerprint density at radius 3 is 2.30 bits per heavy atom. The second-order valence-corrected chi connectivity index (χ2v) is 2.80. The van der Waals surface area contributed by atoms with Gasteiger partial charge in [-0.05, 0) is 12.8 Å². The maximum Gasteiger partial charge on any atom is 0.106 e. The van der Waals surface area contributed by atoms with Crippen LogP contribution in [0.15, 0.2) is 0 Å². The van der Waals surface area contributed by atoms with Gasteiger partial charge in [-0.15, -0.1) is 0 Å². The molecule has 0 aromatic carbocycles. The number of nitrogens with zero attached hydrogens (tertiary/aromatic N) is 2. The lowest BCUT2D eigenvalue weighted by molar-refractivity contribution is 0.192. The van der Waals surface area contributed by atoms with Crippen molar-refractivity contribution in [1.82, 2.24) is 5.01 Å². The topological polar surface area (TPSA) is 79.1 Å². The standard InChI is InChI=1S/C6H12N4/c7-5-6(8)1-3-10(9)4-2-6/h1-4,8-9H2. The largest absolute Gasteiger partial charge is 0.313 e. The van der Waals surface area contributed by atoms with Crippen LogP contribution in [0, 0.1) is 11.3 Å². The van der Waals surface area contributed by atoms with Crippen molar-refractivity contribution in [3.05, 3.63) is 0 Å². The maximum absolute atomic E-state index is 8.60. The van der Waals surface area contributed by atoms with Gasteiger partial charge >= 0.3 is 0 Å². The first kappa shape index (κ1) is 7.48. The monoisotopic (exact) mass is 140 g/mol. The lowest BCUT2D eigenvalue weighted by Gasteiger charge is -2.31. The molecule has 1 aliphatic rings. The van der Waals surface area contributed by atoms with Crippen LogP contribution in [-0.4, -0.2) is 23.6 Å². The molecule has 4 heteroatoms. The molecule has 4 nitrogen and oxygen atoms in total. The molecule has 0 aliphatic carbocycles. The van der Waals surface area contributed by atoms with E-state index in [1.54, 1.807) is 5.01 Å². The molecule has 1 saturated heterocycles. The molecule has 1 fully saturated rings. The van der Waals surface area contributed by atoms with Crippen LogP contribution < -0.4 is 11.6 Å². The SMILES string of the molecule is N#CC1(N)CCN(N)CC1. The number of hydrazine groups is 1. The van der Waals surface area contributed by atoms with Crippen LogP contribution in [0.5, 0.6) is 0 Å². The molecule has 0 aromatic heterocycles. The molecule has 1 rings (SSSR count). The molecule has 0 unspecified atom stereocenters. The summed E-state index contributed by atoms with van der Waals surface area (Å²) in [4.78, 5) is 0. The van der Waals surface area contributed by atoms with Gasteiger partial charge in [-0.2, -0.15) is 5.26 Å². The van der Waals surface area contributed by atoms with Gasteiger partial charge in [0, 0.05) is 13.1 Å². The molecule has 56 valence electrons. The fourth-order valence-corrected chi connectivity index (χ4v) is 1.03. The van der Waals surface area contributed by atoms with Crippen molar-refractivity contribution in [3.63, 3.8) is 0 Å². The smallest absolute Gasteiger partial charge is 0.106 e. The molecule has 0 atom stereocenters. The van der Waals surface area contributed by atoms with E-state index in [9.17, 15) is 0 Å². The lowest BCUT2D eigenvalue weighted by Crippen LogP contribution is -2.51. The quantitative estimate of drug-likeness (QED) is 0.431. The third-order valence-electron chi connectivity index (χ3n) is 1.91. The summed E-state index contributed by atoms with van der Waals surface area (Å²) in [5, 5.41) is 10.3. The Labute approximate surface area is 60.4 Å². The van der Waals surface area contributed by atoms with E-state index in [0.29, 0.717) is 12.8 Å². The van der Waals surface area contributed by atoms with Gasteiger partial charge < -0.3 is 5.73 Å². The highest BCUT2D eigenvalue weighted by Crippen LogP contribution is 2.15. The van der Waals surface area contributed by atoms with Gasteiger partial charge in [0.25, 0.3) is 0 Å². The number of nitriles is 1. The fraction of sp³-hybridized carbons (Fsp3) is 0.833. The second-order valence-electron chi connectivity index (χ2n) is 2.80. The van der Waals surface area contributed by atoms with E-state index in [-0.39, 0.29) is 0 Å². The predicted octanol–water partition coefficient (Wildman–Crippen LogP) is -0.823. The molecular weight excluding hydrogens is 128 g/mol. The molecule has 0 saturated carbocycles. The van der Waals surface area contributed by atoms with E-state index in [0.717, 1.165) is 13.1 Å². The third kappa shape index (κ3) is 1.45. The normalized spacial score (nSPS) is 25.7. The summed E-state index contributed by atoms with van der Waals surface area (Å²) >= 11 is 0. The molecule has 0 spiro atoms. The molecule has 4 N–H and O–H groups in total. The highest BCUT2D eigenvalue weighted by Gasteiger charge is 2.29. The summed E-state index contributed by atoms with van der Waals surface area (Å²) in [6.45, 7) is 1.45. The number of hydrogen-bond acceptors (Lipinski definition) is 4. The van der Waals surface area contributed by atoms with Crippen molar-refractivity contribution in [3.8, 4) is 6.07 Å². The summed E-state index contributed by atoms with van der Waals surface area (Å²) in [6, 6.07) is 2.10. The van der Waals surface area contributed by atoms with E-state index in [1.807, 2.05) is 0 Å². The summed E-state index contributed by atoms with van der Waals surface area (Å²) < 4.78 is 0. The van der Waals surface area contributed by atoms with Crippen molar-refractivity contribution in [2.24, 2.45) is 11.6 Å². The van der Waals surface area contributed by atoms with Gasteiger partial charge in [-0.3, -0.25) is 5.84 Å². The Bertz CT molecular complexity index is 152. The highest BCUT2D eigenvalue weighted by molar-refractivity contribution is 5.06.